The second-order valence-electron chi connectivity index (χ2n) is 7.34. The highest BCUT2D eigenvalue weighted by atomic mass is 35.5. The van der Waals surface area contributed by atoms with Gasteiger partial charge in [-0.3, -0.25) is 14.5 Å². The van der Waals surface area contributed by atoms with Crippen molar-refractivity contribution in [3.63, 3.8) is 0 Å². The summed E-state index contributed by atoms with van der Waals surface area (Å²) in [6.45, 7) is 2.14. The fourth-order valence-electron chi connectivity index (χ4n) is 3.52. The second kappa shape index (κ2) is 8.74. The molecule has 0 aromatic heterocycles. The molecule has 156 valence electrons. The number of nitrogens with zero attached hydrogens (tertiary/aromatic N) is 1. The maximum atomic E-state index is 13.5. The number of hydrogen-bond acceptors (Lipinski definition) is 3. The third-order valence-electron chi connectivity index (χ3n) is 5.24. The highest BCUT2D eigenvalue weighted by Crippen LogP contribution is 2.31. The van der Waals surface area contributed by atoms with Gasteiger partial charge in [-0.15, -0.1) is 0 Å². The Balaban J connectivity index is 1.67. The molecule has 3 aromatic carbocycles. The average Bonchev–Trinajstić information content (AvgIpc) is 2.99. The van der Waals surface area contributed by atoms with Crippen LogP contribution in [0, 0.1) is 12.7 Å². The highest BCUT2D eigenvalue weighted by molar-refractivity contribution is 6.36. The van der Waals surface area contributed by atoms with Gasteiger partial charge in [0, 0.05) is 17.3 Å². The molecule has 1 N–H and O–H groups in total. The minimum atomic E-state index is -0.408. The summed E-state index contributed by atoms with van der Waals surface area (Å²) in [4.78, 5) is 27.7. The molecule has 0 unspecified atom stereocenters. The predicted molar refractivity (Wildman–Crippen MR) is 120 cm³/mol. The van der Waals surface area contributed by atoms with Gasteiger partial charge < -0.3 is 5.32 Å². The van der Waals surface area contributed by atoms with Crippen LogP contribution in [-0.2, 0) is 16.0 Å². The van der Waals surface area contributed by atoms with Gasteiger partial charge in [0.2, 0.25) is 0 Å². The molecule has 4 rings (SSSR count). The Bertz CT molecular complexity index is 1170. The molecule has 0 aliphatic carbocycles. The molecule has 31 heavy (non-hydrogen) atoms. The number of hydrogen-bond donors (Lipinski definition) is 1. The number of carbonyl (C=O) groups is 2. The van der Waals surface area contributed by atoms with E-state index in [1.54, 1.807) is 12.1 Å². The number of anilines is 1. The van der Waals surface area contributed by atoms with Crippen LogP contribution in [0.1, 0.15) is 16.7 Å². The molecule has 0 spiro atoms. The van der Waals surface area contributed by atoms with E-state index in [-0.39, 0.29) is 17.8 Å². The van der Waals surface area contributed by atoms with E-state index in [1.165, 1.54) is 29.2 Å². The van der Waals surface area contributed by atoms with Crippen molar-refractivity contribution < 1.29 is 14.0 Å². The van der Waals surface area contributed by atoms with Gasteiger partial charge >= 0.3 is 0 Å². The zero-order valence-electron chi connectivity index (χ0n) is 16.9. The molecule has 1 aliphatic rings. The number of aryl methyl sites for hydroxylation is 1. The molecule has 4 nitrogen and oxygen atoms in total. The molecular weight excluding hydrogens is 415 g/mol. The monoisotopic (exact) mass is 434 g/mol. The maximum absolute atomic E-state index is 13.5. The summed E-state index contributed by atoms with van der Waals surface area (Å²) in [5.74, 6) is -1.21. The molecule has 3 aromatic rings. The maximum Gasteiger partial charge on any atom is 0.278 e. The first-order valence-corrected chi connectivity index (χ1v) is 10.3. The van der Waals surface area contributed by atoms with Gasteiger partial charge in [0.15, 0.2) is 0 Å². The molecule has 1 aliphatic heterocycles. The first-order chi connectivity index (χ1) is 14.9. The number of nitrogens with one attached hydrogen (secondary N) is 1. The Labute approximate surface area is 185 Å². The second-order valence-corrected chi connectivity index (χ2v) is 7.77. The standard InChI is InChI=1S/C25H20ClFN2O2/c1-16-4-2-3-5-21(16)28-23-22(18-8-12-20(27)13-9-18)24(30)29(25(23)31)15-14-17-6-10-19(26)11-7-17/h2-13,28H,14-15H2,1H3. The zero-order valence-corrected chi connectivity index (χ0v) is 17.6. The van der Waals surface area contributed by atoms with E-state index in [9.17, 15) is 14.0 Å². The van der Waals surface area contributed by atoms with Crippen LogP contribution < -0.4 is 5.32 Å². The van der Waals surface area contributed by atoms with Gasteiger partial charge in [0.25, 0.3) is 11.8 Å². The normalized spacial score (nSPS) is 13.8. The van der Waals surface area contributed by atoms with Crippen molar-refractivity contribution >= 4 is 34.7 Å². The summed E-state index contributed by atoms with van der Waals surface area (Å²) < 4.78 is 13.5. The summed E-state index contributed by atoms with van der Waals surface area (Å²) in [6.07, 6.45) is 0.503. The first-order valence-electron chi connectivity index (χ1n) is 9.87. The van der Waals surface area contributed by atoms with Crippen LogP contribution in [-0.4, -0.2) is 23.3 Å². The fraction of sp³-hybridized carbons (Fsp3) is 0.120. The summed E-state index contributed by atoms with van der Waals surface area (Å²) in [5, 5.41) is 3.77. The van der Waals surface area contributed by atoms with Crippen LogP contribution >= 0.6 is 11.6 Å². The molecule has 0 saturated carbocycles. The number of halogens is 2. The lowest BCUT2D eigenvalue weighted by Gasteiger charge is -2.15. The van der Waals surface area contributed by atoms with Crippen molar-refractivity contribution in [2.75, 3.05) is 11.9 Å². The summed E-state index contributed by atoms with van der Waals surface area (Å²) in [5.41, 5.74) is 3.57. The van der Waals surface area contributed by atoms with E-state index >= 15 is 0 Å². The van der Waals surface area contributed by atoms with Crippen molar-refractivity contribution in [3.05, 3.63) is 106 Å². The van der Waals surface area contributed by atoms with Crippen LogP contribution in [0.25, 0.3) is 5.57 Å². The van der Waals surface area contributed by atoms with Gasteiger partial charge in [0.1, 0.15) is 11.5 Å². The number of benzene rings is 3. The Morgan fingerprint density at radius 3 is 2.26 bits per heavy atom. The van der Waals surface area contributed by atoms with Crippen molar-refractivity contribution in [1.82, 2.24) is 4.90 Å². The molecule has 2 amide bonds. The van der Waals surface area contributed by atoms with Crippen molar-refractivity contribution in [3.8, 4) is 0 Å². The number of para-hydroxylation sites is 1. The first kappa shape index (κ1) is 20.8. The van der Waals surface area contributed by atoms with E-state index in [2.05, 4.69) is 5.32 Å². The Kier molecular flexibility index (Phi) is 5.87. The Morgan fingerprint density at radius 1 is 0.903 bits per heavy atom. The van der Waals surface area contributed by atoms with E-state index < -0.39 is 17.6 Å². The number of amides is 2. The Morgan fingerprint density at radius 2 is 1.58 bits per heavy atom. The third kappa shape index (κ3) is 4.37. The van der Waals surface area contributed by atoms with E-state index in [1.807, 2.05) is 43.3 Å². The minimum absolute atomic E-state index is 0.196. The summed E-state index contributed by atoms with van der Waals surface area (Å²) >= 11 is 5.93. The molecule has 0 fully saturated rings. The van der Waals surface area contributed by atoms with Crippen LogP contribution in [0.5, 0.6) is 0 Å². The third-order valence-corrected chi connectivity index (χ3v) is 5.49. The lowest BCUT2D eigenvalue weighted by Crippen LogP contribution is -2.34. The molecule has 0 bridgehead atoms. The fourth-order valence-corrected chi connectivity index (χ4v) is 3.65. The highest BCUT2D eigenvalue weighted by Gasteiger charge is 2.39. The van der Waals surface area contributed by atoms with Crippen LogP contribution in [0.4, 0.5) is 10.1 Å². The molecule has 0 radical (unpaired) electrons. The lowest BCUT2D eigenvalue weighted by molar-refractivity contribution is -0.136. The number of carbonyl (C=O) groups excluding carboxylic acids is 2. The van der Waals surface area contributed by atoms with E-state index in [4.69, 9.17) is 11.6 Å². The van der Waals surface area contributed by atoms with Crippen molar-refractivity contribution in [1.29, 1.82) is 0 Å². The van der Waals surface area contributed by atoms with Gasteiger partial charge in [-0.05, 0) is 60.4 Å². The van der Waals surface area contributed by atoms with E-state index in [0.717, 1.165) is 16.8 Å². The molecular formula is C25H20ClFN2O2. The molecule has 0 atom stereocenters. The largest absolute Gasteiger partial charge is 0.350 e. The number of imide groups is 1. The summed E-state index contributed by atoms with van der Waals surface area (Å²) in [7, 11) is 0. The van der Waals surface area contributed by atoms with Crippen molar-refractivity contribution in [2.45, 2.75) is 13.3 Å². The predicted octanol–water partition coefficient (Wildman–Crippen LogP) is 5.22. The van der Waals surface area contributed by atoms with Gasteiger partial charge in [-0.25, -0.2) is 4.39 Å². The quantitative estimate of drug-likeness (QED) is 0.541. The van der Waals surface area contributed by atoms with E-state index in [0.29, 0.717) is 17.0 Å². The SMILES string of the molecule is Cc1ccccc1NC1=C(c2ccc(F)cc2)C(=O)N(CCc2ccc(Cl)cc2)C1=O. The van der Waals surface area contributed by atoms with Gasteiger partial charge in [-0.2, -0.15) is 0 Å². The van der Waals surface area contributed by atoms with Crippen LogP contribution in [0.2, 0.25) is 5.02 Å². The molecule has 1 heterocycles. The smallest absolute Gasteiger partial charge is 0.278 e. The van der Waals surface area contributed by atoms with Crippen LogP contribution in [0.15, 0.2) is 78.5 Å². The average molecular weight is 435 g/mol. The Hall–Kier alpha value is -3.44. The molecule has 6 heteroatoms. The van der Waals surface area contributed by atoms with Gasteiger partial charge in [0.05, 0.1) is 5.57 Å². The topological polar surface area (TPSA) is 49.4 Å². The number of rotatable bonds is 6. The van der Waals surface area contributed by atoms with Crippen molar-refractivity contribution in [2.24, 2.45) is 0 Å². The zero-order chi connectivity index (χ0) is 22.0. The minimum Gasteiger partial charge on any atom is -0.350 e. The summed E-state index contributed by atoms with van der Waals surface area (Å²) in [6, 6.07) is 20.4. The molecule has 0 saturated heterocycles. The van der Waals surface area contributed by atoms with Crippen LogP contribution in [0.3, 0.4) is 0 Å². The van der Waals surface area contributed by atoms with Gasteiger partial charge in [-0.1, -0.05) is 54.1 Å². The lowest BCUT2D eigenvalue weighted by atomic mass is 10.0.